The Morgan fingerprint density at radius 3 is 2.33 bits per heavy atom. The summed E-state index contributed by atoms with van der Waals surface area (Å²) in [5.41, 5.74) is -0.920. The largest absolute Gasteiger partial charge is 0.438 e. The third-order valence-electron chi connectivity index (χ3n) is 1.10. The highest BCUT2D eigenvalue weighted by molar-refractivity contribution is 6.19. The molecule has 0 aromatic rings. The fourth-order valence-electron chi connectivity index (χ4n) is 0.398. The standard InChI is InChI=1S/C8H15ClO3/c1-6(9)11-5-12-7(10)8(2,3)4/h6H,5H2,1-4H3. The van der Waals surface area contributed by atoms with Gasteiger partial charge in [0.2, 0.25) is 0 Å². The van der Waals surface area contributed by atoms with E-state index in [-0.39, 0.29) is 12.8 Å². The van der Waals surface area contributed by atoms with E-state index in [1.807, 2.05) is 0 Å². The van der Waals surface area contributed by atoms with Crippen LogP contribution in [-0.4, -0.2) is 18.3 Å². The molecule has 0 aliphatic rings. The number of carbonyl (C=O) groups is 1. The van der Waals surface area contributed by atoms with Gasteiger partial charge in [-0.15, -0.1) is 0 Å². The molecule has 3 nitrogen and oxygen atoms in total. The molecule has 0 bridgehead atoms. The average molecular weight is 195 g/mol. The van der Waals surface area contributed by atoms with Gasteiger partial charge in [-0.3, -0.25) is 4.79 Å². The second-order valence-corrected chi connectivity index (χ2v) is 4.12. The molecule has 4 heteroatoms. The van der Waals surface area contributed by atoms with Gasteiger partial charge in [0.15, 0.2) is 6.79 Å². The van der Waals surface area contributed by atoms with Gasteiger partial charge in [-0.25, -0.2) is 0 Å². The zero-order valence-electron chi connectivity index (χ0n) is 7.89. The molecule has 0 saturated carbocycles. The Hall–Kier alpha value is -0.280. The smallest absolute Gasteiger partial charge is 0.313 e. The van der Waals surface area contributed by atoms with E-state index in [4.69, 9.17) is 21.1 Å². The van der Waals surface area contributed by atoms with Crippen LogP contribution in [0, 0.1) is 5.41 Å². The molecule has 0 amide bonds. The van der Waals surface area contributed by atoms with Crippen molar-refractivity contribution in [1.29, 1.82) is 0 Å². The van der Waals surface area contributed by atoms with Gasteiger partial charge < -0.3 is 9.47 Å². The molecule has 72 valence electrons. The molecule has 0 saturated heterocycles. The monoisotopic (exact) mass is 194 g/mol. The van der Waals surface area contributed by atoms with E-state index < -0.39 is 11.0 Å². The number of alkyl halides is 1. The molecule has 0 spiro atoms. The van der Waals surface area contributed by atoms with Gasteiger partial charge in [0.25, 0.3) is 0 Å². The highest BCUT2D eigenvalue weighted by Gasteiger charge is 2.22. The van der Waals surface area contributed by atoms with Crippen molar-refractivity contribution in [2.45, 2.75) is 33.3 Å². The molecule has 0 radical (unpaired) electrons. The maximum absolute atomic E-state index is 11.1. The van der Waals surface area contributed by atoms with Crippen LogP contribution in [0.15, 0.2) is 0 Å². The van der Waals surface area contributed by atoms with Crippen LogP contribution >= 0.6 is 11.6 Å². The van der Waals surface area contributed by atoms with Gasteiger partial charge >= 0.3 is 5.97 Å². The maximum atomic E-state index is 11.1. The van der Waals surface area contributed by atoms with E-state index in [1.165, 1.54) is 0 Å². The van der Waals surface area contributed by atoms with Crippen molar-refractivity contribution in [1.82, 2.24) is 0 Å². The normalized spacial score (nSPS) is 14.1. The van der Waals surface area contributed by atoms with Crippen LogP contribution in [0.25, 0.3) is 0 Å². The third-order valence-corrected chi connectivity index (χ3v) is 1.23. The molecular formula is C8H15ClO3. The predicted molar refractivity (Wildman–Crippen MR) is 46.8 cm³/mol. The Bertz CT molecular complexity index is 149. The van der Waals surface area contributed by atoms with Crippen LogP contribution in [0.5, 0.6) is 0 Å². The van der Waals surface area contributed by atoms with E-state index in [0.29, 0.717) is 0 Å². The summed E-state index contributed by atoms with van der Waals surface area (Å²) in [4.78, 5) is 11.1. The second-order valence-electron chi connectivity index (χ2n) is 3.51. The number of hydrogen-bond donors (Lipinski definition) is 0. The fraction of sp³-hybridized carbons (Fsp3) is 0.875. The summed E-state index contributed by atoms with van der Waals surface area (Å²) in [6.07, 6.45) is 0. The van der Waals surface area contributed by atoms with Crippen molar-refractivity contribution in [2.75, 3.05) is 6.79 Å². The number of rotatable bonds is 3. The van der Waals surface area contributed by atoms with Gasteiger partial charge in [-0.1, -0.05) is 11.6 Å². The zero-order valence-corrected chi connectivity index (χ0v) is 8.64. The minimum absolute atomic E-state index is 0.0826. The first-order chi connectivity index (χ1) is 5.34. The molecule has 0 heterocycles. The summed E-state index contributed by atoms with van der Waals surface area (Å²) in [6, 6.07) is 0. The quantitative estimate of drug-likeness (QED) is 0.392. The lowest BCUT2D eigenvalue weighted by Crippen LogP contribution is -2.24. The second kappa shape index (κ2) is 4.67. The summed E-state index contributed by atoms with van der Waals surface area (Å²) in [5, 5.41) is 0. The van der Waals surface area contributed by atoms with Gasteiger partial charge in [-0.05, 0) is 27.7 Å². The minimum Gasteiger partial charge on any atom is -0.438 e. The van der Waals surface area contributed by atoms with Gasteiger partial charge in [0, 0.05) is 0 Å². The van der Waals surface area contributed by atoms with Crippen molar-refractivity contribution in [2.24, 2.45) is 5.41 Å². The van der Waals surface area contributed by atoms with Crippen molar-refractivity contribution in [3.8, 4) is 0 Å². The fourth-order valence-corrected chi connectivity index (χ4v) is 0.449. The first-order valence-corrected chi connectivity index (χ1v) is 4.20. The molecule has 0 rings (SSSR count). The highest BCUT2D eigenvalue weighted by atomic mass is 35.5. The molecule has 0 aliphatic carbocycles. The summed E-state index contributed by atoms with van der Waals surface area (Å²) in [6.45, 7) is 6.91. The van der Waals surface area contributed by atoms with Crippen molar-refractivity contribution >= 4 is 17.6 Å². The lowest BCUT2D eigenvalue weighted by atomic mass is 9.98. The SMILES string of the molecule is CC(Cl)OCOC(=O)C(C)(C)C. The van der Waals surface area contributed by atoms with Crippen LogP contribution < -0.4 is 0 Å². The average Bonchev–Trinajstić information content (AvgIpc) is 1.84. The third kappa shape index (κ3) is 5.38. The van der Waals surface area contributed by atoms with Crippen molar-refractivity contribution < 1.29 is 14.3 Å². The lowest BCUT2D eigenvalue weighted by Gasteiger charge is -2.16. The van der Waals surface area contributed by atoms with Crippen LogP contribution in [0.1, 0.15) is 27.7 Å². The predicted octanol–water partition coefficient (Wildman–Crippen LogP) is 2.13. The molecular weight excluding hydrogens is 180 g/mol. The Kier molecular flexibility index (Phi) is 4.57. The first kappa shape index (κ1) is 11.7. The van der Waals surface area contributed by atoms with Crippen LogP contribution in [0.2, 0.25) is 0 Å². The zero-order chi connectivity index (χ0) is 9.78. The van der Waals surface area contributed by atoms with E-state index in [0.717, 1.165) is 0 Å². The molecule has 1 atom stereocenters. The van der Waals surface area contributed by atoms with E-state index >= 15 is 0 Å². The minimum atomic E-state index is -0.487. The van der Waals surface area contributed by atoms with E-state index in [2.05, 4.69) is 0 Å². The maximum Gasteiger partial charge on any atom is 0.313 e. The topological polar surface area (TPSA) is 35.5 Å². The Balaban J connectivity index is 3.59. The summed E-state index contributed by atoms with van der Waals surface area (Å²) in [5.74, 6) is -0.292. The molecule has 12 heavy (non-hydrogen) atoms. The van der Waals surface area contributed by atoms with Crippen molar-refractivity contribution in [3.63, 3.8) is 0 Å². The summed E-state index contributed by atoms with van der Waals surface area (Å²) < 4.78 is 9.60. The van der Waals surface area contributed by atoms with Crippen molar-refractivity contribution in [3.05, 3.63) is 0 Å². The number of carbonyl (C=O) groups excluding carboxylic acids is 1. The van der Waals surface area contributed by atoms with E-state index in [9.17, 15) is 4.79 Å². The Morgan fingerprint density at radius 1 is 1.50 bits per heavy atom. The van der Waals surface area contributed by atoms with E-state index in [1.54, 1.807) is 27.7 Å². The molecule has 0 aliphatic heterocycles. The summed E-state index contributed by atoms with van der Waals surface area (Å²) >= 11 is 5.46. The molecule has 1 unspecified atom stereocenters. The van der Waals surface area contributed by atoms with Gasteiger partial charge in [-0.2, -0.15) is 0 Å². The van der Waals surface area contributed by atoms with Crippen LogP contribution in [0.4, 0.5) is 0 Å². The lowest BCUT2D eigenvalue weighted by molar-refractivity contribution is -0.166. The number of halogens is 1. The van der Waals surface area contributed by atoms with Gasteiger partial charge in [0.05, 0.1) is 5.41 Å². The van der Waals surface area contributed by atoms with Crippen LogP contribution in [0.3, 0.4) is 0 Å². The molecule has 0 aromatic carbocycles. The summed E-state index contributed by atoms with van der Waals surface area (Å²) in [7, 11) is 0. The van der Waals surface area contributed by atoms with Gasteiger partial charge in [0.1, 0.15) is 5.56 Å². The Labute approximate surface area is 78.0 Å². The number of esters is 1. The Morgan fingerprint density at radius 2 is 2.00 bits per heavy atom. The first-order valence-electron chi connectivity index (χ1n) is 3.77. The number of ether oxygens (including phenoxy) is 2. The molecule has 0 aromatic heterocycles. The highest BCUT2D eigenvalue weighted by Crippen LogP contribution is 2.15. The number of hydrogen-bond acceptors (Lipinski definition) is 3. The van der Waals surface area contributed by atoms with Crippen LogP contribution in [-0.2, 0) is 14.3 Å². The molecule has 0 N–H and O–H groups in total. The molecule has 0 fully saturated rings.